The van der Waals surface area contributed by atoms with Crippen molar-refractivity contribution in [2.24, 2.45) is 5.73 Å². The Labute approximate surface area is 86.9 Å². The third-order valence-corrected chi connectivity index (χ3v) is 1.93. The Hall–Kier alpha value is -1.05. The second-order valence-electron chi connectivity index (χ2n) is 3.32. The zero-order chi connectivity index (χ0) is 10.6. The van der Waals surface area contributed by atoms with Crippen LogP contribution in [0.1, 0.15) is 45.4 Å². The van der Waals surface area contributed by atoms with Crippen molar-refractivity contribution >= 4 is 5.91 Å². The molecule has 0 rings (SSSR count). The maximum absolute atomic E-state index is 10.3. The summed E-state index contributed by atoms with van der Waals surface area (Å²) in [5.74, 6) is -0.351. The molecule has 0 heterocycles. The van der Waals surface area contributed by atoms with Crippen molar-refractivity contribution in [1.82, 2.24) is 0 Å². The number of rotatable bonds is 8. The molecule has 1 amide bonds. The molecule has 80 valence electrons. The van der Waals surface area contributed by atoms with E-state index in [0.29, 0.717) is 0 Å². The number of carbonyl (C=O) groups is 1. The monoisotopic (exact) mass is 195 g/mol. The molecule has 0 radical (unpaired) electrons. The lowest BCUT2D eigenvalue weighted by atomic mass is 10.1. The van der Waals surface area contributed by atoms with Crippen molar-refractivity contribution in [3.05, 3.63) is 24.3 Å². The van der Waals surface area contributed by atoms with E-state index in [0.717, 1.165) is 19.3 Å². The lowest BCUT2D eigenvalue weighted by molar-refractivity contribution is -0.113. The van der Waals surface area contributed by atoms with Crippen LogP contribution in [-0.2, 0) is 4.79 Å². The van der Waals surface area contributed by atoms with E-state index in [-0.39, 0.29) is 5.91 Å². The van der Waals surface area contributed by atoms with Crippen LogP contribution in [0, 0.1) is 0 Å². The van der Waals surface area contributed by atoms with Crippen LogP contribution < -0.4 is 5.73 Å². The Morgan fingerprint density at radius 1 is 1.07 bits per heavy atom. The Morgan fingerprint density at radius 3 is 2.29 bits per heavy atom. The highest BCUT2D eigenvalue weighted by molar-refractivity contribution is 5.85. The zero-order valence-corrected chi connectivity index (χ0v) is 9.04. The van der Waals surface area contributed by atoms with Gasteiger partial charge in [0.25, 0.3) is 0 Å². The van der Waals surface area contributed by atoms with E-state index >= 15 is 0 Å². The van der Waals surface area contributed by atoms with Gasteiger partial charge in [-0.1, -0.05) is 31.6 Å². The highest BCUT2D eigenvalue weighted by atomic mass is 16.1. The third-order valence-electron chi connectivity index (χ3n) is 1.93. The number of nitrogens with two attached hydrogens (primary N) is 1. The van der Waals surface area contributed by atoms with Crippen LogP contribution in [0.15, 0.2) is 24.3 Å². The van der Waals surface area contributed by atoms with Crippen LogP contribution in [0.3, 0.4) is 0 Å². The summed E-state index contributed by atoms with van der Waals surface area (Å²) in [6, 6.07) is 0. The molecule has 0 bridgehead atoms. The molecule has 0 aliphatic carbocycles. The number of allylic oxidation sites excluding steroid dienone is 3. The lowest BCUT2D eigenvalue weighted by Crippen LogP contribution is -2.05. The second-order valence-corrected chi connectivity index (χ2v) is 3.32. The fourth-order valence-electron chi connectivity index (χ4n) is 1.19. The van der Waals surface area contributed by atoms with E-state index in [2.05, 4.69) is 19.1 Å². The van der Waals surface area contributed by atoms with Crippen LogP contribution in [0.25, 0.3) is 0 Å². The molecule has 0 fully saturated rings. The van der Waals surface area contributed by atoms with Crippen molar-refractivity contribution in [2.75, 3.05) is 0 Å². The van der Waals surface area contributed by atoms with Gasteiger partial charge in [0.1, 0.15) is 0 Å². The van der Waals surface area contributed by atoms with Gasteiger partial charge in [-0.25, -0.2) is 0 Å². The molecule has 0 aliphatic heterocycles. The summed E-state index contributed by atoms with van der Waals surface area (Å²) < 4.78 is 0. The first kappa shape index (κ1) is 12.9. The van der Waals surface area contributed by atoms with Crippen LogP contribution in [0.2, 0.25) is 0 Å². The molecule has 0 aliphatic rings. The minimum absolute atomic E-state index is 0.351. The second kappa shape index (κ2) is 10.0. The number of primary amides is 1. The molecule has 0 atom stereocenters. The van der Waals surface area contributed by atoms with Gasteiger partial charge in [0.05, 0.1) is 0 Å². The van der Waals surface area contributed by atoms with Gasteiger partial charge in [-0.15, -0.1) is 0 Å². The summed E-state index contributed by atoms with van der Waals surface area (Å²) in [6.07, 6.45) is 14.6. The van der Waals surface area contributed by atoms with Gasteiger partial charge < -0.3 is 5.73 Å². The van der Waals surface area contributed by atoms with Crippen LogP contribution in [0.4, 0.5) is 0 Å². The molecule has 2 nitrogen and oxygen atoms in total. The molecule has 0 saturated carbocycles. The normalized spacial score (nSPS) is 11.5. The molecule has 0 spiro atoms. The fourth-order valence-corrected chi connectivity index (χ4v) is 1.19. The number of carbonyl (C=O) groups excluding carboxylic acids is 1. The number of hydrogen-bond donors (Lipinski definition) is 1. The first-order chi connectivity index (χ1) is 6.77. The maximum atomic E-state index is 10.3. The number of unbranched alkanes of at least 4 members (excludes halogenated alkanes) is 4. The minimum Gasteiger partial charge on any atom is -0.366 e. The van der Waals surface area contributed by atoms with Crippen molar-refractivity contribution in [2.45, 2.75) is 45.4 Å². The van der Waals surface area contributed by atoms with Crippen molar-refractivity contribution in [1.29, 1.82) is 0 Å². The van der Waals surface area contributed by atoms with Gasteiger partial charge in [-0.05, 0) is 38.2 Å². The maximum Gasteiger partial charge on any atom is 0.241 e. The fraction of sp³-hybridized carbons (Fsp3) is 0.583. The predicted octanol–water partition coefficient (Wildman–Crippen LogP) is 2.94. The number of hydrogen-bond acceptors (Lipinski definition) is 1. The Balaban J connectivity index is 3.14. The molecule has 0 saturated heterocycles. The zero-order valence-electron chi connectivity index (χ0n) is 9.04. The van der Waals surface area contributed by atoms with Gasteiger partial charge in [0.2, 0.25) is 5.91 Å². The van der Waals surface area contributed by atoms with Crippen LogP contribution in [-0.4, -0.2) is 5.91 Å². The predicted molar refractivity (Wildman–Crippen MR) is 60.9 cm³/mol. The lowest BCUT2D eigenvalue weighted by Gasteiger charge is -1.94. The molecule has 14 heavy (non-hydrogen) atoms. The summed E-state index contributed by atoms with van der Waals surface area (Å²) in [4.78, 5) is 10.3. The third kappa shape index (κ3) is 11.0. The molecular formula is C12H21NO. The molecule has 0 aromatic heterocycles. The molecule has 0 aromatic rings. The summed E-state index contributed by atoms with van der Waals surface area (Å²) in [5, 5.41) is 0. The standard InChI is InChI=1S/C12H21NO/c1-2-3-4-5-6-7-8-9-10-11-12(13)14/h3-4,10-11H,2,5-9H2,1H3,(H2,13,14). The van der Waals surface area contributed by atoms with E-state index in [1.54, 1.807) is 0 Å². The van der Waals surface area contributed by atoms with E-state index in [4.69, 9.17) is 5.73 Å². The average molecular weight is 195 g/mol. The van der Waals surface area contributed by atoms with E-state index < -0.39 is 0 Å². The van der Waals surface area contributed by atoms with Crippen LogP contribution in [0.5, 0.6) is 0 Å². The first-order valence-electron chi connectivity index (χ1n) is 5.38. The average Bonchev–Trinajstić information content (AvgIpc) is 2.15. The topological polar surface area (TPSA) is 43.1 Å². The van der Waals surface area contributed by atoms with Crippen molar-refractivity contribution < 1.29 is 4.79 Å². The Bertz CT molecular complexity index is 194. The summed E-state index contributed by atoms with van der Waals surface area (Å²) in [6.45, 7) is 2.14. The summed E-state index contributed by atoms with van der Waals surface area (Å²) in [7, 11) is 0. The van der Waals surface area contributed by atoms with Crippen molar-refractivity contribution in [3.63, 3.8) is 0 Å². The van der Waals surface area contributed by atoms with E-state index in [1.165, 1.54) is 25.3 Å². The largest absolute Gasteiger partial charge is 0.366 e. The van der Waals surface area contributed by atoms with Gasteiger partial charge in [-0.2, -0.15) is 0 Å². The van der Waals surface area contributed by atoms with Gasteiger partial charge in [0.15, 0.2) is 0 Å². The molecular weight excluding hydrogens is 174 g/mol. The summed E-state index contributed by atoms with van der Waals surface area (Å²) in [5.41, 5.74) is 4.95. The van der Waals surface area contributed by atoms with Crippen LogP contribution >= 0.6 is 0 Å². The van der Waals surface area contributed by atoms with E-state index in [9.17, 15) is 4.79 Å². The molecule has 0 unspecified atom stereocenters. The van der Waals surface area contributed by atoms with Gasteiger partial charge >= 0.3 is 0 Å². The van der Waals surface area contributed by atoms with Gasteiger partial charge in [0, 0.05) is 0 Å². The summed E-state index contributed by atoms with van der Waals surface area (Å²) >= 11 is 0. The quantitative estimate of drug-likeness (QED) is 0.361. The molecule has 2 heteroatoms. The van der Waals surface area contributed by atoms with E-state index in [1.807, 2.05) is 6.08 Å². The number of amides is 1. The molecule has 0 aromatic carbocycles. The highest BCUT2D eigenvalue weighted by Gasteiger charge is 1.86. The first-order valence-corrected chi connectivity index (χ1v) is 5.38. The minimum atomic E-state index is -0.351. The Kier molecular flexibility index (Phi) is 9.28. The highest BCUT2D eigenvalue weighted by Crippen LogP contribution is 2.04. The Morgan fingerprint density at radius 2 is 1.71 bits per heavy atom. The SMILES string of the molecule is CCC=CCCCCCC=CC(N)=O. The van der Waals surface area contributed by atoms with Crippen molar-refractivity contribution in [3.8, 4) is 0 Å². The smallest absolute Gasteiger partial charge is 0.241 e. The molecule has 2 N–H and O–H groups in total. The van der Waals surface area contributed by atoms with Gasteiger partial charge in [-0.3, -0.25) is 4.79 Å².